The van der Waals surface area contributed by atoms with Gasteiger partial charge in [0.25, 0.3) is 0 Å². The van der Waals surface area contributed by atoms with E-state index in [9.17, 15) is 0 Å². The maximum atomic E-state index is 8.70. The largest absolute Gasteiger partial charge is 0.692 e. The standard InChI is InChI=1S/C24H50.HO3P/c1-6-11-14-15-16-19-24(20-22(9-4)17-12-7-2)21-23(10-5)18-13-8-3;1-4(2)3/h22-24H,6-21H2,1-5H3;(H-,1,2,3)/p+1. The van der Waals surface area contributed by atoms with E-state index in [1.165, 1.54) is 103 Å². The lowest BCUT2D eigenvalue weighted by molar-refractivity contribution is 0.254. The molecule has 2 N–H and O–H groups in total. The summed E-state index contributed by atoms with van der Waals surface area (Å²) in [4.78, 5) is 14.2. The van der Waals surface area contributed by atoms with E-state index in [0.717, 1.165) is 17.8 Å². The average molecular weight is 420 g/mol. The molecule has 0 aliphatic carbocycles. The Labute approximate surface area is 178 Å². The molecule has 4 heteroatoms. The van der Waals surface area contributed by atoms with Crippen LogP contribution >= 0.6 is 8.25 Å². The monoisotopic (exact) mass is 419 g/mol. The molecule has 0 bridgehead atoms. The Morgan fingerprint density at radius 1 is 0.571 bits per heavy atom. The van der Waals surface area contributed by atoms with Gasteiger partial charge in [0.2, 0.25) is 0 Å². The normalized spacial score (nSPS) is 14.1. The molecule has 0 heterocycles. The highest BCUT2D eigenvalue weighted by Crippen LogP contribution is 2.32. The number of hydrogen-bond acceptors (Lipinski definition) is 1. The Hall–Kier alpha value is 0.0200. The predicted octanol–water partition coefficient (Wildman–Crippen LogP) is 8.80. The van der Waals surface area contributed by atoms with Gasteiger partial charge in [-0.05, 0) is 30.6 Å². The van der Waals surface area contributed by atoms with Gasteiger partial charge in [-0.1, -0.05) is 125 Å². The molecule has 0 aromatic rings. The van der Waals surface area contributed by atoms with Crippen LogP contribution in [0.2, 0.25) is 0 Å². The SMILES string of the molecule is CCCCCCCC(CC(CC)CCCC)CC(CC)CCCC.O=[P+](O)O. The Morgan fingerprint density at radius 2 is 0.929 bits per heavy atom. The molecule has 28 heavy (non-hydrogen) atoms. The Balaban J connectivity index is 0. The molecule has 0 radical (unpaired) electrons. The molecule has 170 valence electrons. The first-order valence-electron chi connectivity index (χ1n) is 12.3. The zero-order valence-electron chi connectivity index (χ0n) is 19.8. The van der Waals surface area contributed by atoms with Crippen molar-refractivity contribution < 1.29 is 14.4 Å². The second-order valence-corrected chi connectivity index (χ2v) is 9.13. The lowest BCUT2D eigenvalue weighted by Gasteiger charge is -2.27. The summed E-state index contributed by atoms with van der Waals surface area (Å²) in [5.74, 6) is 3.00. The highest BCUT2D eigenvalue weighted by molar-refractivity contribution is 7.30. The third-order valence-electron chi connectivity index (χ3n) is 6.14. The molecular weight excluding hydrogens is 367 g/mol. The second-order valence-electron chi connectivity index (χ2n) is 8.63. The van der Waals surface area contributed by atoms with Crippen LogP contribution in [0.3, 0.4) is 0 Å². The number of rotatable bonds is 18. The van der Waals surface area contributed by atoms with Gasteiger partial charge in [0.1, 0.15) is 0 Å². The number of hydrogen-bond donors (Lipinski definition) is 2. The first-order chi connectivity index (χ1) is 13.4. The van der Waals surface area contributed by atoms with Crippen molar-refractivity contribution in [3.05, 3.63) is 0 Å². The Morgan fingerprint density at radius 3 is 1.29 bits per heavy atom. The summed E-state index contributed by atoms with van der Waals surface area (Å²) in [6.07, 6.45) is 23.1. The van der Waals surface area contributed by atoms with Gasteiger partial charge in [0.05, 0.1) is 0 Å². The molecule has 3 nitrogen and oxygen atoms in total. The quantitative estimate of drug-likeness (QED) is 0.172. The zero-order chi connectivity index (χ0) is 21.6. The van der Waals surface area contributed by atoms with Crippen molar-refractivity contribution in [1.29, 1.82) is 0 Å². The van der Waals surface area contributed by atoms with Crippen molar-refractivity contribution in [2.75, 3.05) is 0 Å². The van der Waals surface area contributed by atoms with E-state index in [1.807, 2.05) is 0 Å². The highest BCUT2D eigenvalue weighted by Gasteiger charge is 2.19. The van der Waals surface area contributed by atoms with Gasteiger partial charge in [-0.25, -0.2) is 0 Å². The minimum atomic E-state index is -2.87. The van der Waals surface area contributed by atoms with Gasteiger partial charge >= 0.3 is 8.25 Å². The summed E-state index contributed by atoms with van der Waals surface area (Å²) >= 11 is 0. The fraction of sp³-hybridized carbons (Fsp3) is 1.00. The molecule has 0 saturated carbocycles. The fourth-order valence-corrected chi connectivity index (χ4v) is 4.27. The molecule has 0 amide bonds. The Bertz CT molecular complexity index is 301. The molecule has 0 fully saturated rings. The van der Waals surface area contributed by atoms with Crippen LogP contribution in [0.15, 0.2) is 0 Å². The topological polar surface area (TPSA) is 57.5 Å². The molecule has 2 atom stereocenters. The van der Waals surface area contributed by atoms with Crippen LogP contribution in [0.25, 0.3) is 0 Å². The van der Waals surface area contributed by atoms with Crippen molar-refractivity contribution in [3.63, 3.8) is 0 Å². The summed E-state index contributed by atoms with van der Waals surface area (Å²) in [6, 6.07) is 0. The van der Waals surface area contributed by atoms with E-state index in [0.29, 0.717) is 0 Å². The first kappa shape index (κ1) is 30.2. The first-order valence-corrected chi connectivity index (χ1v) is 13.5. The smallest absolute Gasteiger partial charge is 0.134 e. The van der Waals surface area contributed by atoms with Crippen molar-refractivity contribution in [2.45, 2.75) is 137 Å². The van der Waals surface area contributed by atoms with Crippen LogP contribution < -0.4 is 0 Å². The number of unbranched alkanes of at least 4 members (excludes halogenated alkanes) is 6. The zero-order valence-corrected chi connectivity index (χ0v) is 20.7. The maximum absolute atomic E-state index is 8.70. The van der Waals surface area contributed by atoms with E-state index in [1.54, 1.807) is 0 Å². The van der Waals surface area contributed by atoms with E-state index < -0.39 is 8.25 Å². The van der Waals surface area contributed by atoms with Crippen molar-refractivity contribution >= 4 is 8.25 Å². The van der Waals surface area contributed by atoms with E-state index in [-0.39, 0.29) is 0 Å². The van der Waals surface area contributed by atoms with Crippen LogP contribution in [0, 0.1) is 17.8 Å². The van der Waals surface area contributed by atoms with Gasteiger partial charge in [-0.3, -0.25) is 0 Å². The van der Waals surface area contributed by atoms with Crippen LogP contribution in [0.4, 0.5) is 0 Å². The summed E-state index contributed by atoms with van der Waals surface area (Å²) in [6.45, 7) is 11.9. The van der Waals surface area contributed by atoms with Crippen molar-refractivity contribution in [2.24, 2.45) is 17.8 Å². The maximum Gasteiger partial charge on any atom is 0.692 e. The van der Waals surface area contributed by atoms with Gasteiger partial charge in [-0.2, -0.15) is 0 Å². The van der Waals surface area contributed by atoms with Crippen LogP contribution in [0.5, 0.6) is 0 Å². The average Bonchev–Trinajstić information content (AvgIpc) is 2.67. The highest BCUT2D eigenvalue weighted by atomic mass is 31.1. The van der Waals surface area contributed by atoms with E-state index in [2.05, 4.69) is 34.6 Å². The van der Waals surface area contributed by atoms with Gasteiger partial charge in [-0.15, -0.1) is 9.79 Å². The van der Waals surface area contributed by atoms with Crippen LogP contribution in [0.1, 0.15) is 137 Å². The van der Waals surface area contributed by atoms with E-state index in [4.69, 9.17) is 14.4 Å². The minimum absolute atomic E-state index is 0.995. The molecule has 0 aromatic carbocycles. The molecule has 0 aliphatic heterocycles. The lowest BCUT2D eigenvalue weighted by Crippen LogP contribution is -2.14. The van der Waals surface area contributed by atoms with E-state index >= 15 is 0 Å². The molecular formula is C24H52O3P+. The summed E-state index contributed by atoms with van der Waals surface area (Å²) < 4.78 is 8.70. The molecule has 0 aromatic heterocycles. The van der Waals surface area contributed by atoms with Crippen LogP contribution in [-0.4, -0.2) is 9.79 Å². The third-order valence-corrected chi connectivity index (χ3v) is 6.14. The molecule has 2 unspecified atom stereocenters. The van der Waals surface area contributed by atoms with Gasteiger partial charge in [0, 0.05) is 4.57 Å². The summed E-state index contributed by atoms with van der Waals surface area (Å²) in [5.41, 5.74) is 0. The molecule has 0 rings (SSSR count). The lowest BCUT2D eigenvalue weighted by atomic mass is 9.79. The second kappa shape index (κ2) is 23.3. The summed E-state index contributed by atoms with van der Waals surface area (Å²) in [7, 11) is -2.87. The van der Waals surface area contributed by atoms with Crippen LogP contribution in [-0.2, 0) is 4.57 Å². The fourth-order valence-electron chi connectivity index (χ4n) is 4.27. The third kappa shape index (κ3) is 22.3. The minimum Gasteiger partial charge on any atom is -0.134 e. The summed E-state index contributed by atoms with van der Waals surface area (Å²) in [5, 5.41) is 0. The van der Waals surface area contributed by atoms with Crippen molar-refractivity contribution in [3.8, 4) is 0 Å². The Kier molecular flexibility index (Phi) is 25.1. The molecule has 0 spiro atoms. The van der Waals surface area contributed by atoms with Gasteiger partial charge < -0.3 is 0 Å². The van der Waals surface area contributed by atoms with Crippen molar-refractivity contribution in [1.82, 2.24) is 0 Å². The predicted molar refractivity (Wildman–Crippen MR) is 125 cm³/mol. The molecule has 0 saturated heterocycles. The van der Waals surface area contributed by atoms with Gasteiger partial charge in [0.15, 0.2) is 0 Å². The molecule has 0 aliphatic rings.